The summed E-state index contributed by atoms with van der Waals surface area (Å²) >= 11 is 0. The number of carboxylic acids is 1. The zero-order chi connectivity index (χ0) is 15.0. The van der Waals surface area contributed by atoms with E-state index in [1.807, 2.05) is 19.1 Å². The van der Waals surface area contributed by atoms with Crippen LogP contribution in [-0.2, 0) is 4.79 Å². The van der Waals surface area contributed by atoms with Crippen LogP contribution in [0.15, 0.2) is 59.3 Å². The lowest BCUT2D eigenvalue weighted by Crippen LogP contribution is -2.02. The molecule has 0 aromatic carbocycles. The molecule has 2 nitrogen and oxygen atoms in total. The average Bonchev–Trinajstić information content (AvgIpc) is 2.37. The van der Waals surface area contributed by atoms with E-state index in [2.05, 4.69) is 25.2 Å². The summed E-state index contributed by atoms with van der Waals surface area (Å²) in [5, 5.41) is 8.60. The van der Waals surface area contributed by atoms with Gasteiger partial charge in [-0.25, -0.2) is 4.79 Å². The zero-order valence-corrected chi connectivity index (χ0v) is 12.6. The molecule has 1 rings (SSSR count). The Morgan fingerprint density at radius 1 is 1.30 bits per heavy atom. The fourth-order valence-electron chi connectivity index (χ4n) is 2.17. The summed E-state index contributed by atoms with van der Waals surface area (Å²) in [6, 6.07) is 0. The third kappa shape index (κ3) is 6.37. The molecule has 0 saturated carbocycles. The maximum absolute atomic E-state index is 10.5. The lowest BCUT2D eigenvalue weighted by atomic mass is 9.89. The molecule has 0 fully saturated rings. The van der Waals surface area contributed by atoms with Crippen LogP contribution >= 0.6 is 0 Å². The minimum Gasteiger partial charge on any atom is -0.478 e. The van der Waals surface area contributed by atoms with Gasteiger partial charge in [-0.05, 0) is 50.2 Å². The molecule has 0 aromatic heterocycles. The van der Waals surface area contributed by atoms with Gasteiger partial charge in [-0.15, -0.1) is 0 Å². The second kappa shape index (κ2) is 8.36. The van der Waals surface area contributed by atoms with Crippen LogP contribution in [0.1, 0.15) is 40.0 Å². The highest BCUT2D eigenvalue weighted by Crippen LogP contribution is 2.25. The van der Waals surface area contributed by atoms with Crippen molar-refractivity contribution in [3.63, 3.8) is 0 Å². The summed E-state index contributed by atoms with van der Waals surface area (Å²) in [4.78, 5) is 10.5. The maximum Gasteiger partial charge on any atom is 0.328 e. The van der Waals surface area contributed by atoms with E-state index < -0.39 is 5.97 Å². The molecular weight excluding hydrogens is 248 g/mol. The molecular formula is C18H24O2. The predicted molar refractivity (Wildman–Crippen MR) is 84.5 cm³/mol. The Morgan fingerprint density at radius 2 is 2.05 bits per heavy atom. The Bertz CT molecular complexity index is 488. The summed E-state index contributed by atoms with van der Waals surface area (Å²) in [7, 11) is 0. The van der Waals surface area contributed by atoms with Crippen LogP contribution in [0, 0.1) is 5.92 Å². The largest absolute Gasteiger partial charge is 0.478 e. The van der Waals surface area contributed by atoms with Crippen molar-refractivity contribution in [2.75, 3.05) is 0 Å². The van der Waals surface area contributed by atoms with Crippen LogP contribution < -0.4 is 0 Å². The number of aliphatic carboxylic acids is 1. The first-order chi connectivity index (χ1) is 9.49. The van der Waals surface area contributed by atoms with Crippen molar-refractivity contribution in [2.24, 2.45) is 5.92 Å². The molecule has 1 atom stereocenters. The first-order valence-corrected chi connectivity index (χ1v) is 7.13. The van der Waals surface area contributed by atoms with Crippen molar-refractivity contribution in [3.8, 4) is 0 Å². The first-order valence-electron chi connectivity index (χ1n) is 7.13. The van der Waals surface area contributed by atoms with Gasteiger partial charge in [-0.2, -0.15) is 0 Å². The molecule has 108 valence electrons. The highest BCUT2D eigenvalue weighted by atomic mass is 16.4. The molecule has 20 heavy (non-hydrogen) atoms. The molecule has 0 amide bonds. The van der Waals surface area contributed by atoms with Gasteiger partial charge in [0.25, 0.3) is 0 Å². The Morgan fingerprint density at radius 3 is 2.70 bits per heavy atom. The molecule has 1 unspecified atom stereocenters. The summed E-state index contributed by atoms with van der Waals surface area (Å²) in [6.45, 7) is 6.09. The Labute approximate surface area is 121 Å². The number of hydrogen-bond acceptors (Lipinski definition) is 1. The summed E-state index contributed by atoms with van der Waals surface area (Å²) in [6.07, 6.45) is 17.3. The molecule has 0 spiro atoms. The summed E-state index contributed by atoms with van der Waals surface area (Å²) in [5.41, 5.74) is 3.31. The van der Waals surface area contributed by atoms with E-state index in [1.54, 1.807) is 13.0 Å². The van der Waals surface area contributed by atoms with Crippen molar-refractivity contribution in [3.05, 3.63) is 59.3 Å². The van der Waals surface area contributed by atoms with Gasteiger partial charge in [-0.1, -0.05) is 49.0 Å². The molecule has 2 heteroatoms. The van der Waals surface area contributed by atoms with E-state index in [1.165, 1.54) is 30.9 Å². The van der Waals surface area contributed by atoms with Crippen LogP contribution in [-0.4, -0.2) is 11.1 Å². The summed E-state index contributed by atoms with van der Waals surface area (Å²) < 4.78 is 0. The standard InChI is InChI=1S/C18H24O2/c1-14(7-6-8-15(2)13-18(19)20)11-12-17-10-5-4-9-16(17)3/h6-8,10-13,16H,4-5,9H2,1-3H3,(H,19,20)/b8-6+,12-11+,14-7-,15-13+. The molecule has 1 N–H and O–H groups in total. The van der Waals surface area contributed by atoms with Crippen molar-refractivity contribution in [1.82, 2.24) is 0 Å². The predicted octanol–water partition coefficient (Wildman–Crippen LogP) is 4.82. The van der Waals surface area contributed by atoms with Crippen LogP contribution in [0.3, 0.4) is 0 Å². The lowest BCUT2D eigenvalue weighted by Gasteiger charge is -2.17. The van der Waals surface area contributed by atoms with Gasteiger partial charge in [0.1, 0.15) is 0 Å². The normalized spacial score (nSPS) is 21.6. The molecule has 1 aliphatic carbocycles. The maximum atomic E-state index is 10.5. The molecule has 1 aliphatic rings. The molecule has 0 saturated heterocycles. The summed E-state index contributed by atoms with van der Waals surface area (Å²) in [5.74, 6) is -0.255. The second-order valence-corrected chi connectivity index (χ2v) is 5.37. The second-order valence-electron chi connectivity index (χ2n) is 5.37. The number of carbonyl (C=O) groups is 1. The van der Waals surface area contributed by atoms with Crippen molar-refractivity contribution in [1.29, 1.82) is 0 Å². The zero-order valence-electron chi connectivity index (χ0n) is 12.6. The fourth-order valence-corrected chi connectivity index (χ4v) is 2.17. The Hall–Kier alpha value is -1.83. The average molecular weight is 272 g/mol. The number of allylic oxidation sites excluding steroid dienone is 9. The SMILES string of the molecule is CC(=C/C=C/C(C)=C/C(=O)O)/C=C/C1=CCCCC1C. The quantitative estimate of drug-likeness (QED) is 0.575. The highest BCUT2D eigenvalue weighted by molar-refractivity contribution is 5.81. The van der Waals surface area contributed by atoms with Crippen LogP contribution in [0.2, 0.25) is 0 Å². The van der Waals surface area contributed by atoms with E-state index in [-0.39, 0.29) is 0 Å². The van der Waals surface area contributed by atoms with Gasteiger partial charge < -0.3 is 5.11 Å². The van der Waals surface area contributed by atoms with Crippen LogP contribution in [0.5, 0.6) is 0 Å². The third-order valence-corrected chi connectivity index (χ3v) is 3.40. The van der Waals surface area contributed by atoms with Crippen molar-refractivity contribution < 1.29 is 9.90 Å². The van der Waals surface area contributed by atoms with Gasteiger partial charge in [0, 0.05) is 6.08 Å². The van der Waals surface area contributed by atoms with Gasteiger partial charge >= 0.3 is 5.97 Å². The highest BCUT2D eigenvalue weighted by Gasteiger charge is 2.09. The molecule has 0 bridgehead atoms. The van der Waals surface area contributed by atoms with Gasteiger partial charge in [0.05, 0.1) is 0 Å². The monoisotopic (exact) mass is 272 g/mol. The molecule has 0 heterocycles. The van der Waals surface area contributed by atoms with Gasteiger partial charge in [0.15, 0.2) is 0 Å². The van der Waals surface area contributed by atoms with Crippen LogP contribution in [0.25, 0.3) is 0 Å². The lowest BCUT2D eigenvalue weighted by molar-refractivity contribution is -0.131. The van der Waals surface area contributed by atoms with Crippen LogP contribution in [0.4, 0.5) is 0 Å². The number of rotatable bonds is 5. The minimum absolute atomic E-state index is 0.657. The van der Waals surface area contributed by atoms with Crippen molar-refractivity contribution >= 4 is 5.97 Å². The minimum atomic E-state index is -0.911. The van der Waals surface area contributed by atoms with Crippen molar-refractivity contribution in [2.45, 2.75) is 40.0 Å². The number of hydrogen-bond donors (Lipinski definition) is 1. The Kier molecular flexibility index (Phi) is 6.78. The number of carboxylic acid groups (broad SMARTS) is 1. The van der Waals surface area contributed by atoms with E-state index in [0.717, 1.165) is 11.1 Å². The third-order valence-electron chi connectivity index (χ3n) is 3.40. The molecule has 0 aromatic rings. The topological polar surface area (TPSA) is 37.3 Å². The smallest absolute Gasteiger partial charge is 0.328 e. The van der Waals surface area contributed by atoms with Gasteiger partial charge in [-0.3, -0.25) is 0 Å². The van der Waals surface area contributed by atoms with E-state index in [0.29, 0.717) is 5.92 Å². The fraction of sp³-hybridized carbons (Fsp3) is 0.389. The molecule has 0 radical (unpaired) electrons. The Balaban J connectivity index is 2.59. The first kappa shape index (κ1) is 16.2. The van der Waals surface area contributed by atoms with E-state index in [4.69, 9.17) is 5.11 Å². The van der Waals surface area contributed by atoms with Gasteiger partial charge in [0.2, 0.25) is 0 Å². The van der Waals surface area contributed by atoms with E-state index in [9.17, 15) is 4.79 Å². The molecule has 0 aliphatic heterocycles. The van der Waals surface area contributed by atoms with E-state index >= 15 is 0 Å².